The van der Waals surface area contributed by atoms with Crippen molar-refractivity contribution in [2.75, 3.05) is 13.2 Å². The molecule has 0 radical (unpaired) electrons. The van der Waals surface area contributed by atoms with Crippen LogP contribution in [0.3, 0.4) is 0 Å². The Kier molecular flexibility index (Phi) is 50.5. The van der Waals surface area contributed by atoms with Crippen LogP contribution in [0.25, 0.3) is 0 Å². The van der Waals surface area contributed by atoms with Crippen molar-refractivity contribution < 1.29 is 58.2 Å². The van der Waals surface area contributed by atoms with Crippen LogP contribution in [0.5, 0.6) is 0 Å². The number of carbonyl (C=O) groups is 4. The number of carboxylic acid groups (broad SMARTS) is 1. The number of aliphatic hydroxyl groups is 2. The molecule has 0 aromatic heterocycles. The van der Waals surface area contributed by atoms with Crippen LogP contribution in [0, 0.1) is 0 Å². The predicted octanol–water partition coefficient (Wildman–Crippen LogP) is 16.6. The standard InChI is InChI=1S/C69H108O12/c1-4-7-10-13-16-19-22-25-27-29-31-33-35-38-40-43-46-49-52-55-61(70)77-58-60(79-62(71)56-53-50-47-44-42-39-36-34-32-30-28-26-23-20-17-14-11-8-5-2)59-78-69-67(65(74)64(73)66(81-69)68(75)76)80-63(72)57-54-51-48-45-41-37-24-21-18-15-12-9-6-3/h7,9-10,12,16-21,25-28,31,33,37-38,40-41,48,51,60,64-67,69,73-74H,4-6,8,11,13-15,22-24,29-30,32,34-36,39,42-47,49-50,52-59H2,1-3H3,(H,75,76)/b10-7-,12-9-,19-16-,20-17-,21-18-,27-25-,28-26-,33-31-,40-38-,41-37-,51-48-. The molecule has 1 heterocycles. The van der Waals surface area contributed by atoms with Gasteiger partial charge in [0, 0.05) is 19.3 Å². The highest BCUT2D eigenvalue weighted by atomic mass is 16.7. The van der Waals surface area contributed by atoms with Gasteiger partial charge in [0.2, 0.25) is 0 Å². The van der Waals surface area contributed by atoms with Crippen LogP contribution in [-0.2, 0) is 42.9 Å². The van der Waals surface area contributed by atoms with Crippen LogP contribution in [0.1, 0.15) is 226 Å². The Bertz CT molecular complexity index is 1920. The van der Waals surface area contributed by atoms with Crippen LogP contribution in [-0.4, -0.2) is 89.2 Å². The smallest absolute Gasteiger partial charge is 0.335 e. The molecule has 12 nitrogen and oxygen atoms in total. The summed E-state index contributed by atoms with van der Waals surface area (Å²) in [6.07, 6.45) is 65.7. The third-order valence-electron chi connectivity index (χ3n) is 13.2. The maximum atomic E-state index is 13.2. The van der Waals surface area contributed by atoms with Gasteiger partial charge in [-0.1, -0.05) is 219 Å². The first kappa shape index (κ1) is 73.9. The van der Waals surface area contributed by atoms with E-state index in [1.54, 1.807) is 0 Å². The molecule has 0 aliphatic carbocycles. The third kappa shape index (κ3) is 45.1. The molecule has 456 valence electrons. The molecule has 3 N–H and O–H groups in total. The Balaban J connectivity index is 2.73. The summed E-state index contributed by atoms with van der Waals surface area (Å²) in [5, 5.41) is 31.5. The van der Waals surface area contributed by atoms with Crippen molar-refractivity contribution in [1.29, 1.82) is 0 Å². The van der Waals surface area contributed by atoms with Crippen molar-refractivity contribution in [3.8, 4) is 0 Å². The summed E-state index contributed by atoms with van der Waals surface area (Å²) >= 11 is 0. The summed E-state index contributed by atoms with van der Waals surface area (Å²) in [6.45, 7) is 5.67. The first-order valence-electron chi connectivity index (χ1n) is 31.2. The summed E-state index contributed by atoms with van der Waals surface area (Å²) in [5.41, 5.74) is 0. The average Bonchev–Trinajstić information content (AvgIpc) is 3.46. The van der Waals surface area contributed by atoms with E-state index in [-0.39, 0.29) is 25.9 Å². The Hall–Kier alpha value is -5.14. The molecule has 0 spiro atoms. The molecule has 81 heavy (non-hydrogen) atoms. The van der Waals surface area contributed by atoms with Crippen molar-refractivity contribution >= 4 is 23.9 Å². The van der Waals surface area contributed by atoms with Gasteiger partial charge in [-0.05, 0) is 122 Å². The molecule has 0 aromatic carbocycles. The zero-order chi connectivity index (χ0) is 58.9. The van der Waals surface area contributed by atoms with Crippen molar-refractivity contribution in [3.05, 3.63) is 134 Å². The van der Waals surface area contributed by atoms with E-state index in [0.717, 1.165) is 109 Å². The fourth-order valence-corrected chi connectivity index (χ4v) is 8.50. The van der Waals surface area contributed by atoms with E-state index in [2.05, 4.69) is 136 Å². The lowest BCUT2D eigenvalue weighted by atomic mass is 9.98. The number of carboxylic acids is 1. The lowest BCUT2D eigenvalue weighted by Gasteiger charge is -2.40. The minimum Gasteiger partial charge on any atom is -0.479 e. The Morgan fingerprint density at radius 2 is 0.802 bits per heavy atom. The zero-order valence-corrected chi connectivity index (χ0v) is 50.2. The van der Waals surface area contributed by atoms with Gasteiger partial charge in [0.05, 0.1) is 6.61 Å². The van der Waals surface area contributed by atoms with E-state index in [0.29, 0.717) is 25.7 Å². The first-order valence-corrected chi connectivity index (χ1v) is 31.2. The molecule has 0 saturated carbocycles. The van der Waals surface area contributed by atoms with Gasteiger partial charge in [-0.3, -0.25) is 14.4 Å². The Morgan fingerprint density at radius 1 is 0.420 bits per heavy atom. The van der Waals surface area contributed by atoms with E-state index in [9.17, 15) is 34.5 Å². The van der Waals surface area contributed by atoms with Crippen molar-refractivity contribution in [1.82, 2.24) is 0 Å². The summed E-state index contributed by atoms with van der Waals surface area (Å²) in [4.78, 5) is 51.2. The van der Waals surface area contributed by atoms with Crippen LogP contribution in [0.2, 0.25) is 0 Å². The van der Waals surface area contributed by atoms with Gasteiger partial charge >= 0.3 is 23.9 Å². The topological polar surface area (TPSA) is 175 Å². The van der Waals surface area contributed by atoms with Crippen LogP contribution in [0.4, 0.5) is 0 Å². The number of hydrogen-bond donors (Lipinski definition) is 3. The van der Waals surface area contributed by atoms with E-state index in [1.807, 2.05) is 18.2 Å². The molecule has 12 heteroatoms. The molecule has 0 amide bonds. The highest BCUT2D eigenvalue weighted by Crippen LogP contribution is 2.26. The van der Waals surface area contributed by atoms with Gasteiger partial charge in [0.1, 0.15) is 18.8 Å². The number of hydrogen-bond acceptors (Lipinski definition) is 11. The minimum atomic E-state index is -1.94. The van der Waals surface area contributed by atoms with E-state index in [4.69, 9.17) is 23.7 Å². The number of aliphatic carboxylic acids is 1. The van der Waals surface area contributed by atoms with Crippen molar-refractivity contribution in [3.63, 3.8) is 0 Å². The normalized spacial score (nSPS) is 18.7. The van der Waals surface area contributed by atoms with Gasteiger partial charge in [-0.2, -0.15) is 0 Å². The zero-order valence-electron chi connectivity index (χ0n) is 50.2. The van der Waals surface area contributed by atoms with Crippen molar-refractivity contribution in [2.45, 2.75) is 263 Å². The molecule has 1 saturated heterocycles. The van der Waals surface area contributed by atoms with E-state index < -0.39 is 67.3 Å². The summed E-state index contributed by atoms with van der Waals surface area (Å²) in [5.74, 6) is -3.29. The van der Waals surface area contributed by atoms with Gasteiger partial charge in [0.15, 0.2) is 24.6 Å². The number of esters is 3. The minimum absolute atomic E-state index is 0.0713. The lowest BCUT2D eigenvalue weighted by Crippen LogP contribution is -2.61. The Labute approximate surface area is 490 Å². The molecule has 6 unspecified atom stereocenters. The maximum absolute atomic E-state index is 13.2. The second-order valence-electron chi connectivity index (χ2n) is 20.6. The van der Waals surface area contributed by atoms with E-state index in [1.165, 1.54) is 51.4 Å². The SMILES string of the molecule is CC/C=C\C/C=C\C/C=C\C/C=C\C/C=C\CCCCCC(=O)OCC(COC1OC(C(=O)O)C(O)C(O)C1OC(=O)CC/C=C\C/C=C\C/C=C\C/C=C\CC)OC(=O)CCCCCCCCCCC/C=C\C/C=C\CCCCC. The fraction of sp³-hybridized carbons (Fsp3) is 0.623. The third-order valence-corrected chi connectivity index (χ3v) is 13.2. The molecule has 1 aliphatic rings. The number of rotatable bonds is 51. The number of aliphatic hydroxyl groups excluding tert-OH is 2. The quantitative estimate of drug-likeness (QED) is 0.0228. The number of carbonyl (C=O) groups excluding carboxylic acids is 3. The second-order valence-corrected chi connectivity index (χ2v) is 20.6. The highest BCUT2D eigenvalue weighted by Gasteiger charge is 2.50. The monoisotopic (exact) mass is 1130 g/mol. The summed E-state index contributed by atoms with van der Waals surface area (Å²) in [7, 11) is 0. The molecular formula is C69H108O12. The molecule has 0 bridgehead atoms. The number of unbranched alkanes of at least 4 members (excludes halogenated alkanes) is 15. The number of allylic oxidation sites excluding steroid dienone is 22. The van der Waals surface area contributed by atoms with Crippen LogP contribution in [0.15, 0.2) is 134 Å². The average molecular weight is 1130 g/mol. The maximum Gasteiger partial charge on any atom is 0.335 e. The lowest BCUT2D eigenvalue weighted by molar-refractivity contribution is -0.301. The van der Waals surface area contributed by atoms with Crippen molar-refractivity contribution in [2.24, 2.45) is 0 Å². The largest absolute Gasteiger partial charge is 0.479 e. The van der Waals surface area contributed by atoms with E-state index >= 15 is 0 Å². The first-order chi connectivity index (χ1) is 39.6. The molecule has 0 aromatic rings. The highest BCUT2D eigenvalue weighted by molar-refractivity contribution is 5.74. The van der Waals surface area contributed by atoms with Crippen LogP contribution < -0.4 is 0 Å². The fourth-order valence-electron chi connectivity index (χ4n) is 8.50. The van der Waals surface area contributed by atoms with Crippen LogP contribution >= 0.6 is 0 Å². The summed E-state index contributed by atoms with van der Waals surface area (Å²) < 4.78 is 28.4. The van der Waals surface area contributed by atoms with Gasteiger partial charge in [-0.15, -0.1) is 0 Å². The molecule has 1 fully saturated rings. The molecular weight excluding hydrogens is 1020 g/mol. The molecule has 1 rings (SSSR count). The predicted molar refractivity (Wildman–Crippen MR) is 330 cm³/mol. The second kappa shape index (κ2) is 55.4. The molecule has 6 atom stereocenters. The van der Waals surface area contributed by atoms with Gasteiger partial charge in [0.25, 0.3) is 0 Å². The number of ether oxygens (including phenoxy) is 5. The Morgan fingerprint density at radius 3 is 1.25 bits per heavy atom. The van der Waals surface area contributed by atoms with Gasteiger partial charge in [-0.25, -0.2) is 4.79 Å². The van der Waals surface area contributed by atoms with Gasteiger partial charge < -0.3 is 39.0 Å². The summed E-state index contributed by atoms with van der Waals surface area (Å²) in [6, 6.07) is 0. The molecule has 1 aliphatic heterocycles.